The molecule has 0 radical (unpaired) electrons. The fourth-order valence-corrected chi connectivity index (χ4v) is 4.24. The Morgan fingerprint density at radius 2 is 1.90 bits per heavy atom. The van der Waals surface area contributed by atoms with E-state index in [4.69, 9.17) is 0 Å². The first-order valence-electron chi connectivity index (χ1n) is 9.67. The maximum absolute atomic E-state index is 13.3. The SMILES string of the molecule is CC1=C(C(=O)Nc2ccc(Br)cn2)C(c2ccc(C)cc2)C2=C(CCCC2=O)N1. The average molecular weight is 452 g/mol. The van der Waals surface area contributed by atoms with E-state index >= 15 is 0 Å². The van der Waals surface area contributed by atoms with E-state index in [0.717, 1.165) is 45.4 Å². The summed E-state index contributed by atoms with van der Waals surface area (Å²) in [7, 11) is 0. The third-order valence-corrected chi connectivity index (χ3v) is 5.87. The molecule has 0 fully saturated rings. The number of ketones is 1. The molecule has 2 aliphatic rings. The number of carbonyl (C=O) groups excluding carboxylic acids is 2. The quantitative estimate of drug-likeness (QED) is 0.705. The van der Waals surface area contributed by atoms with Crippen LogP contribution >= 0.6 is 15.9 Å². The number of anilines is 1. The second kappa shape index (κ2) is 7.95. The molecule has 6 heteroatoms. The van der Waals surface area contributed by atoms with Crippen LogP contribution in [0.4, 0.5) is 5.82 Å². The van der Waals surface area contributed by atoms with Crippen LogP contribution in [0, 0.1) is 6.92 Å². The van der Waals surface area contributed by atoms with Crippen LogP contribution in [-0.4, -0.2) is 16.7 Å². The summed E-state index contributed by atoms with van der Waals surface area (Å²) in [5.74, 6) is -0.0461. The first-order chi connectivity index (χ1) is 13.9. The minimum absolute atomic E-state index is 0.115. The molecule has 0 spiro atoms. The monoisotopic (exact) mass is 451 g/mol. The number of halogens is 1. The first-order valence-corrected chi connectivity index (χ1v) is 10.5. The molecule has 1 amide bonds. The smallest absolute Gasteiger partial charge is 0.255 e. The Labute approximate surface area is 178 Å². The van der Waals surface area contributed by atoms with Gasteiger partial charge >= 0.3 is 0 Å². The average Bonchev–Trinajstić information content (AvgIpc) is 2.69. The Balaban J connectivity index is 1.77. The van der Waals surface area contributed by atoms with E-state index in [9.17, 15) is 9.59 Å². The van der Waals surface area contributed by atoms with Crippen LogP contribution in [0.1, 0.15) is 43.2 Å². The van der Waals surface area contributed by atoms with Crippen LogP contribution in [0.2, 0.25) is 0 Å². The number of amides is 1. The van der Waals surface area contributed by atoms with Crippen molar-refractivity contribution in [3.8, 4) is 0 Å². The van der Waals surface area contributed by atoms with Crippen molar-refractivity contribution in [1.82, 2.24) is 10.3 Å². The zero-order valence-electron chi connectivity index (χ0n) is 16.4. The van der Waals surface area contributed by atoms with E-state index in [2.05, 4.69) is 31.5 Å². The second-order valence-electron chi connectivity index (χ2n) is 7.49. The van der Waals surface area contributed by atoms with Crippen LogP contribution in [0.3, 0.4) is 0 Å². The van der Waals surface area contributed by atoms with Crippen LogP contribution in [0.15, 0.2) is 69.6 Å². The second-order valence-corrected chi connectivity index (χ2v) is 8.41. The number of rotatable bonds is 3. The molecule has 148 valence electrons. The predicted octanol–water partition coefficient (Wildman–Crippen LogP) is 4.76. The zero-order chi connectivity index (χ0) is 20.5. The lowest BCUT2D eigenvalue weighted by atomic mass is 9.75. The summed E-state index contributed by atoms with van der Waals surface area (Å²) in [4.78, 5) is 30.4. The largest absolute Gasteiger partial charge is 0.362 e. The molecule has 2 heterocycles. The van der Waals surface area contributed by atoms with Crippen molar-refractivity contribution in [1.29, 1.82) is 0 Å². The van der Waals surface area contributed by atoms with Crippen molar-refractivity contribution in [3.63, 3.8) is 0 Å². The summed E-state index contributed by atoms with van der Waals surface area (Å²) in [6.07, 6.45) is 3.82. The summed E-state index contributed by atoms with van der Waals surface area (Å²) in [6, 6.07) is 11.6. The number of aromatic nitrogens is 1. The Hall–Kier alpha value is -2.73. The van der Waals surface area contributed by atoms with Crippen LogP contribution in [0.5, 0.6) is 0 Å². The Kier molecular flexibility index (Phi) is 5.37. The van der Waals surface area contributed by atoms with Crippen molar-refractivity contribution >= 4 is 33.4 Å². The molecule has 29 heavy (non-hydrogen) atoms. The number of aryl methyl sites for hydroxylation is 1. The number of allylic oxidation sites excluding steroid dienone is 3. The van der Waals surface area contributed by atoms with E-state index in [1.807, 2.05) is 44.2 Å². The molecule has 0 bridgehead atoms. The molecule has 5 nitrogen and oxygen atoms in total. The molecule has 0 saturated carbocycles. The number of nitrogens with zero attached hydrogens (tertiary/aromatic N) is 1. The Bertz CT molecular complexity index is 1040. The lowest BCUT2D eigenvalue weighted by Gasteiger charge is -2.34. The lowest BCUT2D eigenvalue weighted by molar-refractivity contribution is -0.116. The van der Waals surface area contributed by atoms with Crippen molar-refractivity contribution in [3.05, 3.63) is 80.7 Å². The minimum atomic E-state index is -0.380. The van der Waals surface area contributed by atoms with E-state index < -0.39 is 0 Å². The number of hydrogen-bond donors (Lipinski definition) is 2. The number of nitrogens with one attached hydrogen (secondary N) is 2. The van der Waals surface area contributed by atoms with Gasteiger partial charge in [-0.2, -0.15) is 0 Å². The number of Topliss-reactive ketones (excluding diaryl/α,β-unsaturated/α-hetero) is 1. The molecule has 1 aromatic heterocycles. The van der Waals surface area contributed by atoms with Gasteiger partial charge in [-0.15, -0.1) is 0 Å². The van der Waals surface area contributed by atoms with Gasteiger partial charge in [-0.1, -0.05) is 29.8 Å². The number of pyridine rings is 1. The van der Waals surface area contributed by atoms with Crippen LogP contribution in [0.25, 0.3) is 0 Å². The van der Waals surface area contributed by atoms with E-state index in [1.54, 1.807) is 12.3 Å². The van der Waals surface area contributed by atoms with E-state index in [1.165, 1.54) is 0 Å². The van der Waals surface area contributed by atoms with Gasteiger partial charge < -0.3 is 10.6 Å². The highest BCUT2D eigenvalue weighted by Gasteiger charge is 2.38. The normalized spacial score (nSPS) is 19.0. The molecule has 1 aromatic carbocycles. The van der Waals surface area contributed by atoms with Gasteiger partial charge in [-0.25, -0.2) is 4.98 Å². The molecule has 2 N–H and O–H groups in total. The highest BCUT2D eigenvalue weighted by atomic mass is 79.9. The van der Waals surface area contributed by atoms with Gasteiger partial charge in [0.05, 0.1) is 0 Å². The van der Waals surface area contributed by atoms with Gasteiger partial charge in [0, 0.05) is 45.5 Å². The fourth-order valence-electron chi connectivity index (χ4n) is 4.01. The lowest BCUT2D eigenvalue weighted by Crippen LogP contribution is -2.35. The maximum Gasteiger partial charge on any atom is 0.255 e. The van der Waals surface area contributed by atoms with Gasteiger partial charge in [0.15, 0.2) is 5.78 Å². The fraction of sp³-hybridized carbons (Fsp3) is 0.261. The molecular weight excluding hydrogens is 430 g/mol. The van der Waals surface area contributed by atoms with Crippen LogP contribution in [-0.2, 0) is 9.59 Å². The number of dihydropyridines is 1. The van der Waals surface area contributed by atoms with Crippen molar-refractivity contribution in [2.45, 2.75) is 39.0 Å². The number of carbonyl (C=O) groups is 2. The molecule has 2 aromatic rings. The summed E-state index contributed by atoms with van der Waals surface area (Å²) in [6.45, 7) is 3.92. The zero-order valence-corrected chi connectivity index (χ0v) is 18.0. The molecule has 1 atom stereocenters. The highest BCUT2D eigenvalue weighted by Crippen LogP contribution is 2.42. The van der Waals surface area contributed by atoms with Gasteiger partial charge in [0.2, 0.25) is 0 Å². The minimum Gasteiger partial charge on any atom is -0.362 e. The van der Waals surface area contributed by atoms with Gasteiger partial charge in [0.25, 0.3) is 5.91 Å². The van der Waals surface area contributed by atoms with Crippen molar-refractivity contribution in [2.24, 2.45) is 0 Å². The Morgan fingerprint density at radius 3 is 2.59 bits per heavy atom. The maximum atomic E-state index is 13.3. The van der Waals surface area contributed by atoms with Gasteiger partial charge in [-0.3, -0.25) is 9.59 Å². The van der Waals surface area contributed by atoms with Crippen LogP contribution < -0.4 is 10.6 Å². The van der Waals surface area contributed by atoms with Gasteiger partial charge in [0.1, 0.15) is 5.82 Å². The molecule has 1 aliphatic heterocycles. The first kappa shape index (κ1) is 19.6. The van der Waals surface area contributed by atoms with Crippen molar-refractivity contribution < 1.29 is 9.59 Å². The topological polar surface area (TPSA) is 71.1 Å². The van der Waals surface area contributed by atoms with E-state index in [-0.39, 0.29) is 17.6 Å². The van der Waals surface area contributed by atoms with Crippen molar-refractivity contribution in [2.75, 3.05) is 5.32 Å². The number of benzene rings is 1. The third-order valence-electron chi connectivity index (χ3n) is 5.40. The highest BCUT2D eigenvalue weighted by molar-refractivity contribution is 9.10. The predicted molar refractivity (Wildman–Crippen MR) is 116 cm³/mol. The molecular formula is C23H22BrN3O2. The summed E-state index contributed by atoms with van der Waals surface area (Å²) in [5.41, 5.74) is 5.10. The molecule has 1 aliphatic carbocycles. The number of hydrogen-bond acceptors (Lipinski definition) is 4. The summed E-state index contributed by atoms with van der Waals surface area (Å²) < 4.78 is 0.838. The third kappa shape index (κ3) is 3.90. The molecule has 1 unspecified atom stereocenters. The van der Waals surface area contributed by atoms with Gasteiger partial charge in [-0.05, 0) is 60.3 Å². The standard InChI is InChI=1S/C23H22BrN3O2/c1-13-6-8-15(9-7-13)21-20(23(29)27-19-11-10-16(24)12-25-19)14(2)26-17-4-3-5-18(28)22(17)21/h6-12,21,26H,3-5H2,1-2H3,(H,25,27,29). The summed E-state index contributed by atoms with van der Waals surface area (Å²) >= 11 is 3.35. The van der Waals surface area contributed by atoms with E-state index in [0.29, 0.717) is 17.8 Å². The summed E-state index contributed by atoms with van der Waals surface area (Å²) in [5, 5.41) is 6.22. The Morgan fingerprint density at radius 1 is 1.14 bits per heavy atom. The molecule has 4 rings (SSSR count). The molecule has 0 saturated heterocycles.